The number of aryl methyl sites for hydroxylation is 2. The summed E-state index contributed by atoms with van der Waals surface area (Å²) >= 11 is 0. The quantitative estimate of drug-likeness (QED) is 0.734. The fraction of sp³-hybridized carbons (Fsp3) is 0.800. The Morgan fingerprint density at radius 1 is 1.42 bits per heavy atom. The van der Waals surface area contributed by atoms with Gasteiger partial charge in [-0.3, -0.25) is 0 Å². The lowest BCUT2D eigenvalue weighted by Gasteiger charge is -2.12. The molecule has 1 aromatic rings. The average molecular weight is 265 g/mol. The van der Waals surface area contributed by atoms with Gasteiger partial charge in [0.25, 0.3) is 0 Å². The molecule has 1 aliphatic carbocycles. The minimum atomic E-state index is 0.804. The highest BCUT2D eigenvalue weighted by molar-refractivity contribution is 5.28. The Morgan fingerprint density at radius 3 is 2.95 bits per heavy atom. The van der Waals surface area contributed by atoms with Crippen LogP contribution in [0.3, 0.4) is 0 Å². The van der Waals surface area contributed by atoms with Gasteiger partial charge in [0, 0.05) is 33.0 Å². The van der Waals surface area contributed by atoms with E-state index in [-0.39, 0.29) is 0 Å². The van der Waals surface area contributed by atoms with E-state index in [4.69, 9.17) is 4.74 Å². The minimum absolute atomic E-state index is 0.804. The first-order valence-electron chi connectivity index (χ1n) is 7.56. The van der Waals surface area contributed by atoms with E-state index in [0.717, 1.165) is 43.7 Å². The fourth-order valence-corrected chi connectivity index (χ4v) is 2.92. The topological polar surface area (TPSA) is 39.1 Å². The van der Waals surface area contributed by atoms with Crippen molar-refractivity contribution < 1.29 is 4.74 Å². The molecule has 19 heavy (non-hydrogen) atoms. The Balaban J connectivity index is 1.77. The zero-order valence-electron chi connectivity index (χ0n) is 12.3. The fourth-order valence-electron chi connectivity index (χ4n) is 2.92. The Labute approximate surface area is 116 Å². The van der Waals surface area contributed by atoms with Crippen LogP contribution in [0.25, 0.3) is 0 Å². The normalized spacial score (nSPS) is 16.1. The Bertz CT molecular complexity index is 369. The Kier molecular flexibility index (Phi) is 5.70. The summed E-state index contributed by atoms with van der Waals surface area (Å²) in [4.78, 5) is 4.56. The number of nitrogens with one attached hydrogen (secondary N) is 1. The van der Waals surface area contributed by atoms with Crippen molar-refractivity contribution >= 4 is 5.95 Å². The highest BCUT2D eigenvalue weighted by Crippen LogP contribution is 2.27. The standard InChI is InChI=1S/C15H27N3O/c1-13-12-18(10-5-11-19-2)15(17-13)16-9-8-14-6-3-4-7-14/h12,14H,3-11H2,1-2H3,(H,16,17). The van der Waals surface area contributed by atoms with Crippen LogP contribution >= 0.6 is 0 Å². The first-order valence-corrected chi connectivity index (χ1v) is 7.56. The molecule has 2 rings (SSSR count). The van der Waals surface area contributed by atoms with Crippen molar-refractivity contribution in [1.29, 1.82) is 0 Å². The van der Waals surface area contributed by atoms with Gasteiger partial charge < -0.3 is 14.6 Å². The SMILES string of the molecule is COCCCn1cc(C)nc1NCCC1CCCC1. The average Bonchev–Trinajstić information content (AvgIpc) is 3.00. The van der Waals surface area contributed by atoms with E-state index in [0.29, 0.717) is 0 Å². The number of anilines is 1. The van der Waals surface area contributed by atoms with E-state index in [1.165, 1.54) is 32.1 Å². The highest BCUT2D eigenvalue weighted by atomic mass is 16.5. The van der Waals surface area contributed by atoms with Gasteiger partial charge in [0.1, 0.15) is 0 Å². The second-order valence-electron chi connectivity index (χ2n) is 5.61. The smallest absolute Gasteiger partial charge is 0.203 e. The zero-order chi connectivity index (χ0) is 13.5. The Hall–Kier alpha value is -1.03. The molecule has 0 aliphatic heterocycles. The highest BCUT2D eigenvalue weighted by Gasteiger charge is 2.14. The predicted octanol–water partition coefficient (Wildman–Crippen LogP) is 3.22. The molecule has 1 saturated carbocycles. The molecule has 4 nitrogen and oxygen atoms in total. The maximum absolute atomic E-state index is 5.10. The molecule has 1 heterocycles. The first-order chi connectivity index (χ1) is 9.29. The van der Waals surface area contributed by atoms with E-state index >= 15 is 0 Å². The summed E-state index contributed by atoms with van der Waals surface area (Å²) in [7, 11) is 1.75. The number of methoxy groups -OCH3 is 1. The van der Waals surface area contributed by atoms with E-state index in [9.17, 15) is 0 Å². The number of hydrogen-bond donors (Lipinski definition) is 1. The molecule has 1 aliphatic rings. The lowest BCUT2D eigenvalue weighted by Crippen LogP contribution is -2.12. The van der Waals surface area contributed by atoms with E-state index in [2.05, 4.69) is 28.0 Å². The van der Waals surface area contributed by atoms with Gasteiger partial charge in [0.2, 0.25) is 5.95 Å². The van der Waals surface area contributed by atoms with Gasteiger partial charge in [0.15, 0.2) is 0 Å². The van der Waals surface area contributed by atoms with Crippen LogP contribution in [0.1, 0.15) is 44.2 Å². The van der Waals surface area contributed by atoms with Crippen LogP contribution in [0.5, 0.6) is 0 Å². The van der Waals surface area contributed by atoms with Gasteiger partial charge >= 0.3 is 0 Å². The molecule has 1 aromatic heterocycles. The molecule has 0 atom stereocenters. The second kappa shape index (κ2) is 7.53. The molecule has 0 amide bonds. The van der Waals surface area contributed by atoms with Crippen molar-refractivity contribution in [2.75, 3.05) is 25.6 Å². The lowest BCUT2D eigenvalue weighted by molar-refractivity contribution is 0.190. The number of rotatable bonds is 8. The monoisotopic (exact) mass is 265 g/mol. The predicted molar refractivity (Wildman–Crippen MR) is 78.5 cm³/mol. The number of imidazole rings is 1. The van der Waals surface area contributed by atoms with E-state index in [1.807, 2.05) is 0 Å². The summed E-state index contributed by atoms with van der Waals surface area (Å²) < 4.78 is 7.32. The number of aromatic nitrogens is 2. The van der Waals surface area contributed by atoms with Crippen LogP contribution in [0.15, 0.2) is 6.20 Å². The van der Waals surface area contributed by atoms with Crippen molar-refractivity contribution in [2.45, 2.75) is 52.0 Å². The van der Waals surface area contributed by atoms with E-state index in [1.54, 1.807) is 7.11 Å². The molecule has 0 radical (unpaired) electrons. The van der Waals surface area contributed by atoms with Gasteiger partial charge in [-0.05, 0) is 25.7 Å². The molecule has 0 bridgehead atoms. The van der Waals surface area contributed by atoms with Crippen molar-refractivity contribution in [2.24, 2.45) is 5.92 Å². The third-order valence-electron chi connectivity index (χ3n) is 3.95. The number of ether oxygens (including phenoxy) is 1. The van der Waals surface area contributed by atoms with Crippen molar-refractivity contribution in [1.82, 2.24) is 9.55 Å². The molecular formula is C15H27N3O. The summed E-state index contributed by atoms with van der Waals surface area (Å²) in [6.07, 6.45) is 10.1. The summed E-state index contributed by atoms with van der Waals surface area (Å²) in [5.41, 5.74) is 1.08. The molecular weight excluding hydrogens is 238 g/mol. The molecule has 1 fully saturated rings. The lowest BCUT2D eigenvalue weighted by atomic mass is 10.0. The summed E-state index contributed by atoms with van der Waals surface area (Å²) in [6, 6.07) is 0. The largest absolute Gasteiger partial charge is 0.385 e. The third kappa shape index (κ3) is 4.53. The van der Waals surface area contributed by atoms with Crippen LogP contribution in [0.2, 0.25) is 0 Å². The molecule has 1 N–H and O–H groups in total. The zero-order valence-corrected chi connectivity index (χ0v) is 12.3. The first kappa shape index (κ1) is 14.4. The number of nitrogens with zero attached hydrogens (tertiary/aromatic N) is 2. The molecule has 0 unspecified atom stereocenters. The Morgan fingerprint density at radius 2 is 2.21 bits per heavy atom. The molecule has 0 aromatic carbocycles. The van der Waals surface area contributed by atoms with Gasteiger partial charge in [-0.25, -0.2) is 4.98 Å². The van der Waals surface area contributed by atoms with Crippen LogP contribution < -0.4 is 5.32 Å². The summed E-state index contributed by atoms with van der Waals surface area (Å²) in [6.45, 7) is 4.87. The van der Waals surface area contributed by atoms with Crippen molar-refractivity contribution in [3.8, 4) is 0 Å². The van der Waals surface area contributed by atoms with E-state index < -0.39 is 0 Å². The van der Waals surface area contributed by atoms with Gasteiger partial charge in [-0.2, -0.15) is 0 Å². The number of hydrogen-bond acceptors (Lipinski definition) is 3. The van der Waals surface area contributed by atoms with Crippen molar-refractivity contribution in [3.05, 3.63) is 11.9 Å². The van der Waals surface area contributed by atoms with Gasteiger partial charge in [0.05, 0.1) is 5.69 Å². The molecule has 108 valence electrons. The van der Waals surface area contributed by atoms with Gasteiger partial charge in [-0.15, -0.1) is 0 Å². The van der Waals surface area contributed by atoms with Crippen LogP contribution in [-0.2, 0) is 11.3 Å². The van der Waals surface area contributed by atoms with Crippen molar-refractivity contribution in [3.63, 3.8) is 0 Å². The van der Waals surface area contributed by atoms with Crippen LogP contribution in [0, 0.1) is 12.8 Å². The molecule has 0 spiro atoms. The van der Waals surface area contributed by atoms with Crippen LogP contribution in [-0.4, -0.2) is 29.8 Å². The maximum Gasteiger partial charge on any atom is 0.203 e. The summed E-state index contributed by atoms with van der Waals surface area (Å²) in [5, 5.41) is 3.50. The maximum atomic E-state index is 5.10. The third-order valence-corrected chi connectivity index (χ3v) is 3.95. The summed E-state index contributed by atoms with van der Waals surface area (Å²) in [5.74, 6) is 1.96. The molecule has 0 saturated heterocycles. The van der Waals surface area contributed by atoms with Crippen LogP contribution in [0.4, 0.5) is 5.95 Å². The molecule has 4 heteroatoms. The minimum Gasteiger partial charge on any atom is -0.385 e. The second-order valence-corrected chi connectivity index (χ2v) is 5.61. The van der Waals surface area contributed by atoms with Gasteiger partial charge in [-0.1, -0.05) is 25.7 Å².